The lowest BCUT2D eigenvalue weighted by molar-refractivity contribution is -0.116. The zero-order valence-corrected chi connectivity index (χ0v) is 15.5. The fraction of sp³-hybridized carbons (Fsp3) is 0.333. The van der Waals surface area contributed by atoms with E-state index in [4.69, 9.17) is 4.74 Å². The molecule has 26 heavy (non-hydrogen) atoms. The number of hydrogen-bond donors (Lipinski definition) is 2. The van der Waals surface area contributed by atoms with Crippen molar-refractivity contribution in [1.82, 2.24) is 5.32 Å². The monoisotopic (exact) mass is 354 g/mol. The molecule has 0 fully saturated rings. The van der Waals surface area contributed by atoms with Gasteiger partial charge in [-0.2, -0.15) is 0 Å². The molecule has 5 heteroatoms. The van der Waals surface area contributed by atoms with Crippen LogP contribution in [0.1, 0.15) is 42.6 Å². The van der Waals surface area contributed by atoms with Crippen molar-refractivity contribution in [2.45, 2.75) is 39.2 Å². The van der Waals surface area contributed by atoms with Gasteiger partial charge < -0.3 is 15.4 Å². The van der Waals surface area contributed by atoms with Gasteiger partial charge in [0.05, 0.1) is 18.4 Å². The normalized spacial score (nSPS) is 11.5. The van der Waals surface area contributed by atoms with Crippen molar-refractivity contribution < 1.29 is 14.3 Å². The average Bonchev–Trinajstić information content (AvgIpc) is 2.67. The van der Waals surface area contributed by atoms with Gasteiger partial charge in [0.15, 0.2) is 0 Å². The number of ether oxygens (including phenoxy) is 1. The number of benzene rings is 2. The van der Waals surface area contributed by atoms with Crippen LogP contribution in [0.25, 0.3) is 0 Å². The van der Waals surface area contributed by atoms with Crippen LogP contribution in [0.15, 0.2) is 48.5 Å². The third-order valence-corrected chi connectivity index (χ3v) is 4.24. The quantitative estimate of drug-likeness (QED) is 0.758. The van der Waals surface area contributed by atoms with Crippen LogP contribution in [0.5, 0.6) is 5.75 Å². The summed E-state index contributed by atoms with van der Waals surface area (Å²) < 4.78 is 5.13. The molecule has 2 N–H and O–H groups in total. The predicted molar refractivity (Wildman–Crippen MR) is 104 cm³/mol. The first-order valence-corrected chi connectivity index (χ1v) is 8.86. The molecule has 0 bridgehead atoms. The summed E-state index contributed by atoms with van der Waals surface area (Å²) in [7, 11) is 1.62. The maximum absolute atomic E-state index is 12.4. The molecular weight excluding hydrogens is 328 g/mol. The van der Waals surface area contributed by atoms with Crippen molar-refractivity contribution in [1.29, 1.82) is 0 Å². The van der Waals surface area contributed by atoms with Crippen LogP contribution < -0.4 is 15.4 Å². The number of hydrogen-bond acceptors (Lipinski definition) is 3. The van der Waals surface area contributed by atoms with Gasteiger partial charge in [-0.1, -0.05) is 31.2 Å². The van der Waals surface area contributed by atoms with Gasteiger partial charge >= 0.3 is 0 Å². The number of para-hydroxylation sites is 1. The van der Waals surface area contributed by atoms with Crippen molar-refractivity contribution in [3.63, 3.8) is 0 Å². The summed E-state index contributed by atoms with van der Waals surface area (Å²) in [6.07, 6.45) is 1.81. The third-order valence-electron chi connectivity index (χ3n) is 4.24. The van der Waals surface area contributed by atoms with Crippen molar-refractivity contribution in [3.8, 4) is 5.75 Å². The van der Waals surface area contributed by atoms with E-state index in [1.807, 2.05) is 38.1 Å². The molecule has 0 aromatic heterocycles. The lowest BCUT2D eigenvalue weighted by Crippen LogP contribution is -2.32. The maximum atomic E-state index is 12.4. The summed E-state index contributed by atoms with van der Waals surface area (Å²) in [6.45, 7) is 3.96. The second-order valence-electron chi connectivity index (χ2n) is 6.22. The van der Waals surface area contributed by atoms with Gasteiger partial charge in [0, 0.05) is 12.5 Å². The molecule has 1 atom stereocenters. The van der Waals surface area contributed by atoms with E-state index in [0.29, 0.717) is 24.1 Å². The van der Waals surface area contributed by atoms with Crippen LogP contribution in [-0.2, 0) is 11.2 Å². The van der Waals surface area contributed by atoms with E-state index in [0.717, 1.165) is 17.7 Å². The first-order valence-electron chi connectivity index (χ1n) is 8.86. The summed E-state index contributed by atoms with van der Waals surface area (Å²) in [5.41, 5.74) is 2.07. The summed E-state index contributed by atoms with van der Waals surface area (Å²) in [5.74, 6) is 0.495. The highest BCUT2D eigenvalue weighted by Crippen LogP contribution is 2.17. The molecule has 0 saturated heterocycles. The topological polar surface area (TPSA) is 67.4 Å². The van der Waals surface area contributed by atoms with Crippen LogP contribution in [0.2, 0.25) is 0 Å². The molecule has 0 aliphatic heterocycles. The summed E-state index contributed by atoms with van der Waals surface area (Å²) in [5, 5.41) is 5.78. The Bertz CT molecular complexity index is 741. The molecule has 2 aromatic rings. The van der Waals surface area contributed by atoms with Crippen LogP contribution >= 0.6 is 0 Å². The van der Waals surface area contributed by atoms with Gasteiger partial charge in [-0.25, -0.2) is 0 Å². The molecule has 0 aliphatic carbocycles. The van der Waals surface area contributed by atoms with Crippen molar-refractivity contribution >= 4 is 17.5 Å². The molecule has 1 unspecified atom stereocenters. The maximum Gasteiger partial charge on any atom is 0.253 e. The number of anilines is 1. The number of aryl methyl sites for hydroxylation is 1. The molecule has 0 radical (unpaired) electrons. The lowest BCUT2D eigenvalue weighted by atomic mass is 10.1. The van der Waals surface area contributed by atoms with Crippen molar-refractivity contribution in [2.75, 3.05) is 12.4 Å². The van der Waals surface area contributed by atoms with Gasteiger partial charge in [-0.15, -0.1) is 0 Å². The number of carbonyl (C=O) groups is 2. The second-order valence-corrected chi connectivity index (χ2v) is 6.22. The Morgan fingerprint density at radius 3 is 2.42 bits per heavy atom. The minimum absolute atomic E-state index is 0.0846. The van der Waals surface area contributed by atoms with Gasteiger partial charge in [-0.3, -0.25) is 9.59 Å². The van der Waals surface area contributed by atoms with E-state index in [1.165, 1.54) is 0 Å². The summed E-state index contributed by atoms with van der Waals surface area (Å²) >= 11 is 0. The zero-order chi connectivity index (χ0) is 18.9. The number of rotatable bonds is 8. The highest BCUT2D eigenvalue weighted by molar-refractivity contribution is 6.03. The highest BCUT2D eigenvalue weighted by Gasteiger charge is 2.14. The molecule has 2 rings (SSSR count). The SMILES string of the molecule is CCC(C)NC(=O)c1ccccc1NC(=O)CCc1ccc(OC)cc1. The molecule has 0 saturated carbocycles. The fourth-order valence-corrected chi connectivity index (χ4v) is 2.46. The molecule has 0 spiro atoms. The van der Waals surface area contributed by atoms with E-state index in [9.17, 15) is 9.59 Å². The Kier molecular flexibility index (Phi) is 7.21. The zero-order valence-electron chi connectivity index (χ0n) is 15.5. The Morgan fingerprint density at radius 1 is 1.08 bits per heavy atom. The molecule has 0 heterocycles. The minimum Gasteiger partial charge on any atom is -0.497 e. The smallest absolute Gasteiger partial charge is 0.253 e. The summed E-state index contributed by atoms with van der Waals surface area (Å²) in [6, 6.07) is 14.8. The second kappa shape index (κ2) is 9.61. The first-order chi connectivity index (χ1) is 12.5. The Labute approximate surface area is 154 Å². The molecule has 5 nitrogen and oxygen atoms in total. The van der Waals surface area contributed by atoms with Gasteiger partial charge in [-0.05, 0) is 49.6 Å². The number of amides is 2. The molecular formula is C21H26N2O3. The Balaban J connectivity index is 1.96. The van der Waals surface area contributed by atoms with Gasteiger partial charge in [0.25, 0.3) is 5.91 Å². The Morgan fingerprint density at radius 2 is 1.77 bits per heavy atom. The highest BCUT2D eigenvalue weighted by atomic mass is 16.5. The van der Waals surface area contributed by atoms with Gasteiger partial charge in [0.2, 0.25) is 5.91 Å². The molecule has 138 valence electrons. The standard InChI is InChI=1S/C21H26N2O3/c1-4-15(2)22-21(25)18-7-5-6-8-19(18)23-20(24)14-11-16-9-12-17(26-3)13-10-16/h5-10,12-13,15H,4,11,14H2,1-3H3,(H,22,25)(H,23,24). The van der Waals surface area contributed by atoms with Crippen LogP contribution in [0, 0.1) is 0 Å². The molecule has 2 amide bonds. The number of methoxy groups -OCH3 is 1. The van der Waals surface area contributed by atoms with E-state index in [1.54, 1.807) is 31.4 Å². The lowest BCUT2D eigenvalue weighted by Gasteiger charge is -2.14. The van der Waals surface area contributed by atoms with Crippen molar-refractivity contribution in [2.24, 2.45) is 0 Å². The third kappa shape index (κ3) is 5.62. The van der Waals surface area contributed by atoms with E-state index in [-0.39, 0.29) is 17.9 Å². The van der Waals surface area contributed by atoms with Crippen LogP contribution in [-0.4, -0.2) is 25.0 Å². The molecule has 2 aromatic carbocycles. The number of carbonyl (C=O) groups excluding carboxylic acids is 2. The van der Waals surface area contributed by atoms with Crippen LogP contribution in [0.3, 0.4) is 0 Å². The van der Waals surface area contributed by atoms with E-state index in [2.05, 4.69) is 10.6 Å². The average molecular weight is 354 g/mol. The number of nitrogens with one attached hydrogen (secondary N) is 2. The fourth-order valence-electron chi connectivity index (χ4n) is 2.46. The van der Waals surface area contributed by atoms with Crippen LogP contribution in [0.4, 0.5) is 5.69 Å². The first kappa shape index (κ1) is 19.5. The predicted octanol–water partition coefficient (Wildman–Crippen LogP) is 3.79. The van der Waals surface area contributed by atoms with Crippen molar-refractivity contribution in [3.05, 3.63) is 59.7 Å². The van der Waals surface area contributed by atoms with E-state index >= 15 is 0 Å². The largest absolute Gasteiger partial charge is 0.497 e. The Hall–Kier alpha value is -2.82. The van der Waals surface area contributed by atoms with E-state index < -0.39 is 0 Å². The summed E-state index contributed by atoms with van der Waals surface area (Å²) in [4.78, 5) is 24.7. The molecule has 0 aliphatic rings. The van der Waals surface area contributed by atoms with Gasteiger partial charge in [0.1, 0.15) is 5.75 Å². The minimum atomic E-state index is -0.176.